The van der Waals surface area contributed by atoms with Gasteiger partial charge in [-0.25, -0.2) is 0 Å². The molecule has 0 aliphatic rings. The monoisotopic (exact) mass is 771 g/mol. The fourth-order valence-electron chi connectivity index (χ4n) is 8.06. The molecule has 0 fully saturated rings. The van der Waals surface area contributed by atoms with Gasteiger partial charge in [0.15, 0.2) is 0 Å². The van der Waals surface area contributed by atoms with Crippen LogP contribution in [0.25, 0.3) is 55.6 Å². The van der Waals surface area contributed by atoms with Crippen LogP contribution in [-0.4, -0.2) is 20.1 Å². The van der Waals surface area contributed by atoms with E-state index in [4.69, 9.17) is 4.74 Å². The van der Waals surface area contributed by atoms with Crippen molar-refractivity contribution < 1.29 is 9.84 Å². The number of pyridine rings is 3. The molecule has 0 amide bonds. The minimum absolute atomic E-state index is 0.147. The highest BCUT2D eigenvalue weighted by atomic mass is 16.5. The molecular weight excluding hydrogens is 723 g/mol. The largest absolute Gasteiger partial charge is 0.487 e. The lowest BCUT2D eigenvalue weighted by Gasteiger charge is -2.23. The predicted octanol–water partition coefficient (Wildman–Crippen LogP) is 13.4. The predicted molar refractivity (Wildman–Crippen MR) is 241 cm³/mol. The number of ether oxygens (including phenoxy) is 1. The molecule has 0 aliphatic heterocycles. The zero-order valence-corrected chi connectivity index (χ0v) is 33.7. The van der Waals surface area contributed by atoms with Gasteiger partial charge in [-0.2, -0.15) is 0 Å². The lowest BCUT2D eigenvalue weighted by Crippen LogP contribution is -2.06. The SMILES string of the molecule is CCC(CC(CC)c1cccc(-c2cc(-c3cccc(-c4cccnc4)c3)cc(-c3cccc(-c4cccnc4)c3)c2)c1)c1ccc(COc2cccnc2CO)cc1. The molecule has 2 unspecified atom stereocenters. The lowest BCUT2D eigenvalue weighted by molar-refractivity contribution is 0.253. The highest BCUT2D eigenvalue weighted by molar-refractivity contribution is 5.84. The molecule has 0 aliphatic carbocycles. The van der Waals surface area contributed by atoms with E-state index in [1.165, 1.54) is 33.4 Å². The Kier molecular flexibility index (Phi) is 12.4. The molecule has 5 aromatic carbocycles. The fourth-order valence-corrected chi connectivity index (χ4v) is 8.06. The van der Waals surface area contributed by atoms with Crippen molar-refractivity contribution in [2.24, 2.45) is 0 Å². The summed E-state index contributed by atoms with van der Waals surface area (Å²) in [5.74, 6) is 1.44. The first kappa shape index (κ1) is 39.2. The van der Waals surface area contributed by atoms with E-state index < -0.39 is 0 Å². The second-order valence-electron chi connectivity index (χ2n) is 15.2. The summed E-state index contributed by atoms with van der Waals surface area (Å²) >= 11 is 0. The Balaban J connectivity index is 1.09. The van der Waals surface area contributed by atoms with Crippen molar-refractivity contribution >= 4 is 0 Å². The Bertz CT molecular complexity index is 2510. The quantitative estimate of drug-likeness (QED) is 0.112. The van der Waals surface area contributed by atoms with Crippen LogP contribution in [0.1, 0.15) is 67.3 Å². The molecule has 59 heavy (non-hydrogen) atoms. The number of hydrogen-bond donors (Lipinski definition) is 1. The summed E-state index contributed by atoms with van der Waals surface area (Å²) < 4.78 is 6.01. The smallest absolute Gasteiger partial charge is 0.143 e. The number of aliphatic hydroxyl groups excluding tert-OH is 1. The maximum Gasteiger partial charge on any atom is 0.143 e. The van der Waals surface area contributed by atoms with Gasteiger partial charge in [0.1, 0.15) is 18.1 Å². The molecule has 2 atom stereocenters. The Morgan fingerprint density at radius 1 is 0.475 bits per heavy atom. The molecule has 8 aromatic rings. The van der Waals surface area contributed by atoms with Crippen molar-refractivity contribution in [2.45, 2.75) is 58.2 Å². The first-order valence-electron chi connectivity index (χ1n) is 20.6. The Labute approximate surface area is 348 Å². The van der Waals surface area contributed by atoms with Crippen LogP contribution in [0, 0.1) is 0 Å². The summed E-state index contributed by atoms with van der Waals surface area (Å²) in [5.41, 5.74) is 15.9. The zero-order valence-electron chi connectivity index (χ0n) is 33.7. The van der Waals surface area contributed by atoms with Gasteiger partial charge in [0, 0.05) is 42.1 Å². The van der Waals surface area contributed by atoms with Crippen molar-refractivity contribution in [3.8, 4) is 61.4 Å². The molecule has 0 spiro atoms. The Hall–Kier alpha value is -6.69. The number of aromatic nitrogens is 3. The average Bonchev–Trinajstić information content (AvgIpc) is 3.32. The van der Waals surface area contributed by atoms with E-state index in [0.717, 1.165) is 58.2 Å². The Morgan fingerprint density at radius 2 is 0.949 bits per heavy atom. The van der Waals surface area contributed by atoms with Crippen molar-refractivity contribution in [3.05, 3.63) is 205 Å². The topological polar surface area (TPSA) is 68.1 Å². The van der Waals surface area contributed by atoms with E-state index in [0.29, 0.717) is 29.9 Å². The summed E-state index contributed by atoms with van der Waals surface area (Å²) in [4.78, 5) is 13.0. The number of rotatable bonds is 15. The first-order chi connectivity index (χ1) is 29.1. The molecule has 3 heterocycles. The minimum Gasteiger partial charge on any atom is -0.487 e. The molecule has 3 aromatic heterocycles. The van der Waals surface area contributed by atoms with Gasteiger partial charge in [0.25, 0.3) is 0 Å². The van der Waals surface area contributed by atoms with E-state index in [-0.39, 0.29) is 6.61 Å². The molecule has 0 saturated carbocycles. The van der Waals surface area contributed by atoms with Crippen molar-refractivity contribution in [3.63, 3.8) is 0 Å². The molecular formula is C54H49N3O2. The third-order valence-electron chi connectivity index (χ3n) is 11.4. The maximum absolute atomic E-state index is 9.63. The molecule has 5 heteroatoms. The standard InChI is InChI=1S/C54H49N3O2/c1-3-39(41-22-20-38(21-23-41)37-59-54-19-10-26-57-53(54)36-58)27-40(4-2)42-11-5-14-45(28-42)50-31-51(46-15-6-12-43(29-46)48-17-8-24-55-34-48)33-52(32-50)47-16-7-13-44(30-47)49-18-9-25-56-35-49/h5-26,28-35,39-40,58H,3-4,27,36-37H2,1-2H3. The van der Waals surface area contributed by atoms with E-state index in [2.05, 4.69) is 156 Å². The van der Waals surface area contributed by atoms with Crippen LogP contribution >= 0.6 is 0 Å². The van der Waals surface area contributed by atoms with Crippen molar-refractivity contribution in [2.75, 3.05) is 0 Å². The molecule has 292 valence electrons. The second-order valence-corrected chi connectivity index (χ2v) is 15.2. The van der Waals surface area contributed by atoms with E-state index in [1.807, 2.05) is 49.1 Å². The molecule has 8 rings (SSSR count). The van der Waals surface area contributed by atoms with Crippen LogP contribution in [0.5, 0.6) is 5.75 Å². The number of hydrogen-bond acceptors (Lipinski definition) is 5. The van der Waals surface area contributed by atoms with Gasteiger partial charge >= 0.3 is 0 Å². The van der Waals surface area contributed by atoms with E-state index in [9.17, 15) is 5.11 Å². The number of benzene rings is 5. The van der Waals surface area contributed by atoms with Crippen LogP contribution in [0.4, 0.5) is 0 Å². The molecule has 5 nitrogen and oxygen atoms in total. The van der Waals surface area contributed by atoms with Gasteiger partial charge in [0.05, 0.1) is 6.61 Å². The number of aliphatic hydroxyl groups is 1. The van der Waals surface area contributed by atoms with Gasteiger partial charge in [-0.15, -0.1) is 0 Å². The zero-order chi connectivity index (χ0) is 40.4. The van der Waals surface area contributed by atoms with Gasteiger partial charge in [-0.05, 0) is 147 Å². The summed E-state index contributed by atoms with van der Waals surface area (Å²) in [6.45, 7) is 4.89. The van der Waals surface area contributed by atoms with E-state index >= 15 is 0 Å². The maximum atomic E-state index is 9.63. The molecule has 1 N–H and O–H groups in total. The number of nitrogens with zero attached hydrogens (tertiary/aromatic N) is 3. The van der Waals surface area contributed by atoms with E-state index in [1.54, 1.807) is 6.20 Å². The minimum atomic E-state index is -0.147. The second kappa shape index (κ2) is 18.7. The van der Waals surface area contributed by atoms with Crippen molar-refractivity contribution in [1.82, 2.24) is 15.0 Å². The highest BCUT2D eigenvalue weighted by Gasteiger charge is 2.19. The van der Waals surface area contributed by atoms with Gasteiger partial charge < -0.3 is 9.84 Å². The summed E-state index contributed by atoms with van der Waals surface area (Å²) in [5, 5.41) is 9.63. The molecule has 0 bridgehead atoms. The third-order valence-corrected chi connectivity index (χ3v) is 11.4. The third kappa shape index (κ3) is 9.38. The summed E-state index contributed by atoms with van der Waals surface area (Å²) in [6.07, 6.45) is 12.3. The normalized spacial score (nSPS) is 12.2. The van der Waals surface area contributed by atoms with Gasteiger partial charge in [-0.3, -0.25) is 15.0 Å². The van der Waals surface area contributed by atoms with Gasteiger partial charge in [0.2, 0.25) is 0 Å². The summed E-state index contributed by atoms with van der Waals surface area (Å²) in [7, 11) is 0. The average molecular weight is 772 g/mol. The van der Waals surface area contributed by atoms with Gasteiger partial charge in [-0.1, -0.05) is 111 Å². The summed E-state index contributed by atoms with van der Waals surface area (Å²) in [6, 6.07) is 54.5. The lowest BCUT2D eigenvalue weighted by atomic mass is 9.81. The van der Waals surface area contributed by atoms with Crippen LogP contribution in [0.3, 0.4) is 0 Å². The Morgan fingerprint density at radius 3 is 1.47 bits per heavy atom. The van der Waals surface area contributed by atoms with Crippen molar-refractivity contribution in [1.29, 1.82) is 0 Å². The van der Waals surface area contributed by atoms with Crippen LogP contribution in [0.15, 0.2) is 183 Å². The van der Waals surface area contributed by atoms with Crippen LogP contribution in [-0.2, 0) is 13.2 Å². The van der Waals surface area contributed by atoms with Crippen LogP contribution in [0.2, 0.25) is 0 Å². The van der Waals surface area contributed by atoms with Crippen LogP contribution < -0.4 is 4.74 Å². The highest BCUT2D eigenvalue weighted by Crippen LogP contribution is 2.39. The first-order valence-corrected chi connectivity index (χ1v) is 20.6. The fraction of sp³-hybridized carbons (Fsp3) is 0.167. The molecule has 0 radical (unpaired) electrons. The molecule has 0 saturated heterocycles.